The zero-order valence-corrected chi connectivity index (χ0v) is 27.4. The van der Waals surface area contributed by atoms with Crippen molar-refractivity contribution in [2.75, 3.05) is 38.7 Å². The van der Waals surface area contributed by atoms with E-state index in [-0.39, 0.29) is 47.7 Å². The molecule has 0 aromatic heterocycles. The molecule has 1 heterocycles. The molecule has 0 radical (unpaired) electrons. The van der Waals surface area contributed by atoms with Crippen molar-refractivity contribution in [3.05, 3.63) is 54.1 Å². The highest BCUT2D eigenvalue weighted by molar-refractivity contribution is 7.89. The normalized spacial score (nSPS) is 21.2. The van der Waals surface area contributed by atoms with Crippen molar-refractivity contribution >= 4 is 27.5 Å². The first-order valence-electron chi connectivity index (χ1n) is 15.3. The Balaban J connectivity index is 1.94. The lowest BCUT2D eigenvalue weighted by Crippen LogP contribution is -2.48. The third-order valence-corrected chi connectivity index (χ3v) is 9.70. The first kappa shape index (κ1) is 37.3. The van der Waals surface area contributed by atoms with E-state index in [0.29, 0.717) is 19.4 Å². The number of benzene rings is 2. The Labute approximate surface area is 268 Å². The van der Waals surface area contributed by atoms with Crippen LogP contribution in [0, 0.1) is 5.92 Å². The van der Waals surface area contributed by atoms with Crippen LogP contribution in [0.15, 0.2) is 53.4 Å². The van der Waals surface area contributed by atoms with E-state index >= 15 is 0 Å². The SMILES string of the molecule is C[C@@H]1CN([C@H](C)CO)C(=O)c2cc(NC(=O)CCC(F)(F)F)ccc2O[C@@H](C)CCCCO[C@H]1CN(C)S(=O)(=O)c1ccccc1. The maximum absolute atomic E-state index is 14.2. The van der Waals surface area contributed by atoms with Crippen LogP contribution in [-0.2, 0) is 19.6 Å². The summed E-state index contributed by atoms with van der Waals surface area (Å²) in [6.45, 7) is 5.39. The van der Waals surface area contributed by atoms with Gasteiger partial charge >= 0.3 is 6.18 Å². The molecule has 0 unspecified atom stereocenters. The molecular formula is C32H44F3N3O7S. The van der Waals surface area contributed by atoms with Gasteiger partial charge < -0.3 is 24.8 Å². The van der Waals surface area contributed by atoms with E-state index in [1.807, 2.05) is 13.8 Å². The van der Waals surface area contributed by atoms with Gasteiger partial charge in [0, 0.05) is 44.8 Å². The predicted octanol–water partition coefficient (Wildman–Crippen LogP) is 5.08. The number of fused-ring (bicyclic) bond motifs is 1. The average Bonchev–Trinajstić information content (AvgIpc) is 3.01. The topological polar surface area (TPSA) is 125 Å². The van der Waals surface area contributed by atoms with Gasteiger partial charge in [-0.25, -0.2) is 8.42 Å². The number of anilines is 1. The first-order chi connectivity index (χ1) is 21.6. The van der Waals surface area contributed by atoms with Gasteiger partial charge in [0.1, 0.15) is 5.75 Å². The summed E-state index contributed by atoms with van der Waals surface area (Å²) in [4.78, 5) is 28.0. The fraction of sp³-hybridized carbons (Fsp3) is 0.562. The molecule has 14 heteroatoms. The molecule has 0 saturated carbocycles. The highest BCUT2D eigenvalue weighted by atomic mass is 32.2. The van der Waals surface area contributed by atoms with Gasteiger partial charge in [-0.15, -0.1) is 0 Å². The van der Waals surface area contributed by atoms with Crippen molar-refractivity contribution < 1.29 is 45.8 Å². The van der Waals surface area contributed by atoms with Gasteiger partial charge in [-0.2, -0.15) is 17.5 Å². The van der Waals surface area contributed by atoms with Crippen LogP contribution in [0.2, 0.25) is 0 Å². The molecule has 1 aliphatic rings. The second-order valence-electron chi connectivity index (χ2n) is 11.8. The van der Waals surface area contributed by atoms with Gasteiger partial charge in [-0.3, -0.25) is 9.59 Å². The standard InChI is InChI=1S/C32H44F3N3O7S/c1-22-19-38(23(2)21-39)31(41)27-18-25(36-30(40)15-16-32(33,34)35)13-14-28(27)45-24(3)10-8-9-17-44-29(22)20-37(4)46(42,43)26-11-6-5-7-12-26/h5-7,11-14,18,22-24,29,39H,8-10,15-17,19-21H2,1-4H3,(H,36,40)/t22-,23-,24+,29+/m1/s1. The molecule has 0 spiro atoms. The molecule has 2 N–H and O–H groups in total. The minimum atomic E-state index is -4.49. The van der Waals surface area contributed by atoms with Gasteiger partial charge in [0.2, 0.25) is 15.9 Å². The summed E-state index contributed by atoms with van der Waals surface area (Å²) in [6.07, 6.45) is -5.46. The summed E-state index contributed by atoms with van der Waals surface area (Å²) in [5, 5.41) is 12.5. The molecule has 2 aromatic rings. The van der Waals surface area contributed by atoms with Crippen molar-refractivity contribution in [3.63, 3.8) is 0 Å². The van der Waals surface area contributed by atoms with E-state index < -0.39 is 58.9 Å². The zero-order valence-electron chi connectivity index (χ0n) is 26.6. The molecule has 256 valence electrons. The number of aliphatic hydroxyl groups excluding tert-OH is 1. The van der Waals surface area contributed by atoms with Crippen molar-refractivity contribution in [2.24, 2.45) is 5.92 Å². The summed E-state index contributed by atoms with van der Waals surface area (Å²) < 4.78 is 78.1. The Kier molecular flexibility index (Phi) is 13.4. The van der Waals surface area contributed by atoms with Crippen molar-refractivity contribution in [1.29, 1.82) is 0 Å². The summed E-state index contributed by atoms with van der Waals surface area (Å²) in [5.74, 6) is -1.57. The largest absolute Gasteiger partial charge is 0.490 e. The molecule has 1 aliphatic heterocycles. The van der Waals surface area contributed by atoms with Crippen molar-refractivity contribution in [3.8, 4) is 5.75 Å². The van der Waals surface area contributed by atoms with Gasteiger partial charge in [0.15, 0.2) is 0 Å². The Bertz CT molecular complexity index is 1410. The monoisotopic (exact) mass is 671 g/mol. The molecule has 0 bridgehead atoms. The summed E-state index contributed by atoms with van der Waals surface area (Å²) in [6, 6.07) is 11.7. The van der Waals surface area contributed by atoms with E-state index in [1.165, 1.54) is 46.6 Å². The smallest absolute Gasteiger partial charge is 0.389 e. The quantitative estimate of drug-likeness (QED) is 0.381. The molecule has 0 saturated heterocycles. The second kappa shape index (κ2) is 16.6. The zero-order chi connectivity index (χ0) is 34.1. The van der Waals surface area contributed by atoms with Crippen LogP contribution in [0.1, 0.15) is 63.2 Å². The van der Waals surface area contributed by atoms with Crippen LogP contribution >= 0.6 is 0 Å². The van der Waals surface area contributed by atoms with E-state index in [9.17, 15) is 36.3 Å². The van der Waals surface area contributed by atoms with Gasteiger partial charge in [-0.1, -0.05) is 25.1 Å². The van der Waals surface area contributed by atoms with Crippen LogP contribution in [0.5, 0.6) is 5.75 Å². The van der Waals surface area contributed by atoms with Crippen LogP contribution in [0.25, 0.3) is 0 Å². The number of halogens is 3. The van der Waals surface area contributed by atoms with Crippen LogP contribution in [-0.4, -0.2) is 92.3 Å². The average molecular weight is 672 g/mol. The molecular weight excluding hydrogens is 627 g/mol. The third-order valence-electron chi connectivity index (χ3n) is 7.86. The lowest BCUT2D eigenvalue weighted by Gasteiger charge is -2.35. The number of alkyl halides is 3. The van der Waals surface area contributed by atoms with E-state index in [0.717, 1.165) is 6.42 Å². The molecule has 0 aliphatic carbocycles. The summed E-state index contributed by atoms with van der Waals surface area (Å²) >= 11 is 0. The molecule has 3 rings (SSSR count). The van der Waals surface area contributed by atoms with E-state index in [1.54, 1.807) is 25.1 Å². The Morgan fingerprint density at radius 1 is 1.15 bits per heavy atom. The number of rotatable bonds is 9. The Morgan fingerprint density at radius 3 is 2.50 bits per heavy atom. The molecule has 2 amide bonds. The van der Waals surface area contributed by atoms with Crippen LogP contribution < -0.4 is 10.1 Å². The molecule has 0 fully saturated rings. The Morgan fingerprint density at radius 2 is 1.85 bits per heavy atom. The summed E-state index contributed by atoms with van der Waals surface area (Å²) in [7, 11) is -2.35. The maximum Gasteiger partial charge on any atom is 0.389 e. The van der Waals surface area contributed by atoms with Crippen LogP contribution in [0.4, 0.5) is 18.9 Å². The number of hydrogen-bond donors (Lipinski definition) is 2. The number of hydrogen-bond acceptors (Lipinski definition) is 7. The highest BCUT2D eigenvalue weighted by Crippen LogP contribution is 2.29. The van der Waals surface area contributed by atoms with Gasteiger partial charge in [0.05, 0.1) is 41.7 Å². The number of nitrogens with zero attached hydrogens (tertiary/aromatic N) is 2. The van der Waals surface area contributed by atoms with Gasteiger partial charge in [0.25, 0.3) is 5.91 Å². The predicted molar refractivity (Wildman–Crippen MR) is 167 cm³/mol. The van der Waals surface area contributed by atoms with Crippen LogP contribution in [0.3, 0.4) is 0 Å². The number of aliphatic hydroxyl groups is 1. The highest BCUT2D eigenvalue weighted by Gasteiger charge is 2.33. The number of sulfonamides is 1. The van der Waals surface area contributed by atoms with E-state index in [4.69, 9.17) is 9.47 Å². The maximum atomic E-state index is 14.2. The lowest BCUT2D eigenvalue weighted by atomic mass is 10.0. The lowest BCUT2D eigenvalue weighted by molar-refractivity contribution is -0.142. The minimum absolute atomic E-state index is 0.0120. The number of carbonyl (C=O) groups excluding carboxylic acids is 2. The summed E-state index contributed by atoms with van der Waals surface area (Å²) in [5.41, 5.74) is 0.182. The second-order valence-corrected chi connectivity index (χ2v) is 13.8. The van der Waals surface area contributed by atoms with E-state index in [2.05, 4.69) is 5.32 Å². The minimum Gasteiger partial charge on any atom is -0.490 e. The molecule has 10 nitrogen and oxygen atoms in total. The fourth-order valence-electron chi connectivity index (χ4n) is 5.07. The number of ether oxygens (including phenoxy) is 2. The number of likely N-dealkylation sites (N-methyl/N-ethyl adjacent to an activating group) is 1. The number of amides is 2. The molecule has 46 heavy (non-hydrogen) atoms. The third kappa shape index (κ3) is 10.7. The fourth-order valence-corrected chi connectivity index (χ4v) is 6.27. The number of carbonyl (C=O) groups is 2. The van der Waals surface area contributed by atoms with Gasteiger partial charge in [-0.05, 0) is 63.4 Å². The van der Waals surface area contributed by atoms with Crippen molar-refractivity contribution in [1.82, 2.24) is 9.21 Å². The number of nitrogens with one attached hydrogen (secondary N) is 1. The molecule has 4 atom stereocenters. The Hall–Kier alpha value is -3.20. The molecule has 2 aromatic carbocycles. The van der Waals surface area contributed by atoms with Crippen molar-refractivity contribution in [2.45, 2.75) is 82.2 Å². The first-order valence-corrected chi connectivity index (χ1v) is 16.8.